The smallest absolute Gasteiger partial charge is 0.0595 e. The average Bonchev–Trinajstić information content (AvgIpc) is 2.43. The summed E-state index contributed by atoms with van der Waals surface area (Å²) in [4.78, 5) is 4.22. The summed E-state index contributed by atoms with van der Waals surface area (Å²) in [5.74, 6) is 0. The Labute approximate surface area is 144 Å². The van der Waals surface area contributed by atoms with Crippen LogP contribution in [0.15, 0.2) is 41.1 Å². The van der Waals surface area contributed by atoms with Gasteiger partial charge < -0.3 is 5.32 Å². The molecule has 5 heteroatoms. The molecule has 1 unspecified atom stereocenters. The molecule has 1 aromatic heterocycles. The largest absolute Gasteiger partial charge is 0.314 e. The average molecular weight is 388 g/mol. The van der Waals surface area contributed by atoms with E-state index in [1.807, 2.05) is 24.4 Å². The van der Waals surface area contributed by atoms with Gasteiger partial charge in [0.15, 0.2) is 0 Å². The molecule has 0 radical (unpaired) electrons. The fourth-order valence-corrected chi connectivity index (χ4v) is 3.04. The van der Waals surface area contributed by atoms with E-state index in [2.05, 4.69) is 39.2 Å². The molecule has 0 aliphatic rings. The molecule has 0 saturated carbocycles. The van der Waals surface area contributed by atoms with Crippen molar-refractivity contribution in [3.05, 3.63) is 62.3 Å². The highest BCUT2D eigenvalue weighted by Gasteiger charge is 2.11. The molecular formula is C16H17BrCl2N2. The maximum absolute atomic E-state index is 6.09. The van der Waals surface area contributed by atoms with E-state index in [0.29, 0.717) is 16.1 Å². The second kappa shape index (κ2) is 8.14. The highest BCUT2D eigenvalue weighted by molar-refractivity contribution is 9.10. The molecule has 1 aromatic carbocycles. The van der Waals surface area contributed by atoms with Crippen LogP contribution < -0.4 is 5.32 Å². The Bertz CT molecular complexity index is 605. The Morgan fingerprint density at radius 3 is 2.52 bits per heavy atom. The zero-order valence-corrected chi connectivity index (χ0v) is 14.8. The number of hydrogen-bond donors (Lipinski definition) is 1. The molecule has 2 aromatic rings. The van der Waals surface area contributed by atoms with Gasteiger partial charge in [-0.25, -0.2) is 0 Å². The van der Waals surface area contributed by atoms with Crippen LogP contribution in [0.3, 0.4) is 0 Å². The zero-order chi connectivity index (χ0) is 15.2. The third-order valence-electron chi connectivity index (χ3n) is 3.20. The molecule has 2 rings (SSSR count). The van der Waals surface area contributed by atoms with Crippen LogP contribution in [0.1, 0.15) is 18.1 Å². The molecule has 2 nitrogen and oxygen atoms in total. The van der Waals surface area contributed by atoms with Gasteiger partial charge in [-0.2, -0.15) is 0 Å². The molecule has 1 N–H and O–H groups in total. The van der Waals surface area contributed by atoms with E-state index >= 15 is 0 Å². The number of hydrogen-bond acceptors (Lipinski definition) is 2. The monoisotopic (exact) mass is 386 g/mol. The Balaban J connectivity index is 2.09. The van der Waals surface area contributed by atoms with Crippen LogP contribution in [0, 0.1) is 0 Å². The van der Waals surface area contributed by atoms with Crippen molar-refractivity contribution in [3.63, 3.8) is 0 Å². The Morgan fingerprint density at radius 1 is 1.10 bits per heavy atom. The number of benzene rings is 1. The van der Waals surface area contributed by atoms with Gasteiger partial charge in [-0.3, -0.25) is 4.98 Å². The van der Waals surface area contributed by atoms with Crippen LogP contribution >= 0.6 is 39.1 Å². The predicted octanol–water partition coefficient (Wildman–Crippen LogP) is 4.91. The minimum atomic E-state index is 0.336. The SMILES string of the molecule is CCNC(Cc1cncc(Br)c1)Cc1ccc(Cl)c(Cl)c1. The summed E-state index contributed by atoms with van der Waals surface area (Å²) in [6, 6.07) is 8.25. The third kappa shape index (κ3) is 5.26. The first-order chi connectivity index (χ1) is 10.1. The number of rotatable bonds is 6. The maximum Gasteiger partial charge on any atom is 0.0595 e. The molecule has 0 aliphatic carbocycles. The topological polar surface area (TPSA) is 24.9 Å². The van der Waals surface area contributed by atoms with Crippen LogP contribution in [0.2, 0.25) is 10.0 Å². The number of pyridine rings is 1. The first-order valence-corrected chi connectivity index (χ1v) is 8.40. The minimum absolute atomic E-state index is 0.336. The van der Waals surface area contributed by atoms with E-state index in [4.69, 9.17) is 23.2 Å². The van der Waals surface area contributed by atoms with E-state index in [1.54, 1.807) is 6.20 Å². The highest BCUT2D eigenvalue weighted by Crippen LogP contribution is 2.23. The molecule has 1 heterocycles. The summed E-state index contributed by atoms with van der Waals surface area (Å²) in [5, 5.41) is 4.71. The Kier molecular flexibility index (Phi) is 6.49. The van der Waals surface area contributed by atoms with E-state index < -0.39 is 0 Å². The zero-order valence-electron chi connectivity index (χ0n) is 11.7. The fourth-order valence-electron chi connectivity index (χ4n) is 2.31. The third-order valence-corrected chi connectivity index (χ3v) is 4.38. The van der Waals surface area contributed by atoms with Crippen molar-refractivity contribution in [3.8, 4) is 0 Å². The van der Waals surface area contributed by atoms with Gasteiger partial charge in [0, 0.05) is 22.9 Å². The second-order valence-electron chi connectivity index (χ2n) is 4.92. The normalized spacial score (nSPS) is 12.4. The number of aromatic nitrogens is 1. The highest BCUT2D eigenvalue weighted by atomic mass is 79.9. The van der Waals surface area contributed by atoms with Crippen LogP contribution in [-0.4, -0.2) is 17.6 Å². The summed E-state index contributed by atoms with van der Waals surface area (Å²) in [6.07, 6.45) is 5.52. The molecular weight excluding hydrogens is 371 g/mol. The minimum Gasteiger partial charge on any atom is -0.314 e. The number of halogens is 3. The second-order valence-corrected chi connectivity index (χ2v) is 6.65. The molecule has 112 valence electrons. The van der Waals surface area contributed by atoms with Crippen molar-refractivity contribution in [2.24, 2.45) is 0 Å². The predicted molar refractivity (Wildman–Crippen MR) is 93.3 cm³/mol. The number of nitrogens with one attached hydrogen (secondary N) is 1. The van der Waals surface area contributed by atoms with Crippen molar-refractivity contribution < 1.29 is 0 Å². The van der Waals surface area contributed by atoms with Gasteiger partial charge in [0.05, 0.1) is 10.0 Å². The van der Waals surface area contributed by atoms with Crippen molar-refractivity contribution in [2.45, 2.75) is 25.8 Å². The van der Waals surface area contributed by atoms with Crippen LogP contribution in [-0.2, 0) is 12.8 Å². The summed E-state index contributed by atoms with van der Waals surface area (Å²) >= 11 is 15.5. The van der Waals surface area contributed by atoms with Crippen molar-refractivity contribution in [1.29, 1.82) is 0 Å². The standard InChI is InChI=1S/C16H17BrCl2N2/c1-2-21-14(7-12-5-13(17)10-20-9-12)6-11-3-4-15(18)16(19)8-11/h3-5,8-10,14,21H,2,6-7H2,1H3. The molecule has 0 saturated heterocycles. The summed E-state index contributed by atoms with van der Waals surface area (Å²) in [6.45, 7) is 3.04. The molecule has 0 fully saturated rings. The molecule has 0 spiro atoms. The Hall–Kier alpha value is -0.610. The van der Waals surface area contributed by atoms with Crippen LogP contribution in [0.5, 0.6) is 0 Å². The molecule has 21 heavy (non-hydrogen) atoms. The lowest BCUT2D eigenvalue weighted by molar-refractivity contribution is 0.521. The first-order valence-electron chi connectivity index (χ1n) is 6.85. The van der Waals surface area contributed by atoms with E-state index in [1.165, 1.54) is 11.1 Å². The van der Waals surface area contributed by atoms with Gasteiger partial charge >= 0.3 is 0 Å². The van der Waals surface area contributed by atoms with Gasteiger partial charge in [-0.1, -0.05) is 36.2 Å². The lowest BCUT2D eigenvalue weighted by Gasteiger charge is -2.18. The van der Waals surface area contributed by atoms with Gasteiger partial charge in [0.2, 0.25) is 0 Å². The van der Waals surface area contributed by atoms with Gasteiger partial charge in [0.25, 0.3) is 0 Å². The molecule has 0 aliphatic heterocycles. The lowest BCUT2D eigenvalue weighted by Crippen LogP contribution is -2.33. The van der Waals surface area contributed by atoms with Crippen molar-refractivity contribution in [1.82, 2.24) is 10.3 Å². The lowest BCUT2D eigenvalue weighted by atomic mass is 10.00. The van der Waals surface area contributed by atoms with Crippen molar-refractivity contribution in [2.75, 3.05) is 6.54 Å². The summed E-state index contributed by atoms with van der Waals surface area (Å²) in [5.41, 5.74) is 2.38. The summed E-state index contributed by atoms with van der Waals surface area (Å²) < 4.78 is 1.00. The van der Waals surface area contributed by atoms with Crippen LogP contribution in [0.4, 0.5) is 0 Å². The van der Waals surface area contributed by atoms with E-state index in [-0.39, 0.29) is 0 Å². The molecule has 0 bridgehead atoms. The van der Waals surface area contributed by atoms with Crippen LogP contribution in [0.25, 0.3) is 0 Å². The van der Waals surface area contributed by atoms with Gasteiger partial charge in [-0.15, -0.1) is 0 Å². The van der Waals surface area contributed by atoms with Crippen molar-refractivity contribution >= 4 is 39.1 Å². The first kappa shape index (κ1) is 16.8. The van der Waals surface area contributed by atoms with Gasteiger partial charge in [-0.05, 0) is 64.6 Å². The maximum atomic E-state index is 6.09. The number of nitrogens with zero attached hydrogens (tertiary/aromatic N) is 1. The summed E-state index contributed by atoms with van der Waals surface area (Å²) in [7, 11) is 0. The van der Waals surface area contributed by atoms with Gasteiger partial charge in [0.1, 0.15) is 0 Å². The quantitative estimate of drug-likeness (QED) is 0.761. The number of likely N-dealkylation sites (N-methyl/N-ethyl adjacent to an activating group) is 1. The fraction of sp³-hybridized carbons (Fsp3) is 0.312. The Morgan fingerprint density at radius 2 is 1.86 bits per heavy atom. The molecule has 0 amide bonds. The molecule has 1 atom stereocenters. The van der Waals surface area contributed by atoms with E-state index in [9.17, 15) is 0 Å². The van der Waals surface area contributed by atoms with E-state index in [0.717, 1.165) is 23.9 Å².